The van der Waals surface area contributed by atoms with Crippen LogP contribution < -0.4 is 5.56 Å². The Kier molecular flexibility index (Phi) is 3.08. The summed E-state index contributed by atoms with van der Waals surface area (Å²) in [6, 6.07) is 2.98. The molecule has 0 atom stereocenters. The predicted molar refractivity (Wildman–Crippen MR) is 59.6 cm³/mol. The van der Waals surface area contributed by atoms with Crippen LogP contribution in [-0.2, 0) is 6.54 Å². The van der Waals surface area contributed by atoms with Gasteiger partial charge in [0.25, 0.3) is 5.56 Å². The summed E-state index contributed by atoms with van der Waals surface area (Å²) in [5, 5.41) is 8.84. The Morgan fingerprint density at radius 1 is 1.44 bits per heavy atom. The molecule has 86 valence electrons. The first-order valence-electron chi connectivity index (χ1n) is 5.61. The van der Waals surface area contributed by atoms with Crippen LogP contribution in [0.2, 0.25) is 0 Å². The molecular formula is C12H15NO3. The first-order chi connectivity index (χ1) is 7.68. The number of aromatic carboxylic acids is 1. The second-order valence-corrected chi connectivity index (χ2v) is 4.34. The number of rotatable bonds is 3. The Morgan fingerprint density at radius 2 is 2.12 bits per heavy atom. The van der Waals surface area contributed by atoms with Crippen LogP contribution in [0.15, 0.2) is 23.1 Å². The molecule has 16 heavy (non-hydrogen) atoms. The number of carboxylic acid groups (broad SMARTS) is 1. The Hall–Kier alpha value is -1.58. The van der Waals surface area contributed by atoms with E-state index in [1.165, 1.54) is 23.5 Å². The Balaban J connectivity index is 2.24. The summed E-state index contributed by atoms with van der Waals surface area (Å²) in [6.45, 7) is 0.653. The molecule has 1 aliphatic rings. The zero-order valence-electron chi connectivity index (χ0n) is 9.06. The normalized spacial score (nSPS) is 16.5. The fraction of sp³-hybridized carbons (Fsp3) is 0.500. The third kappa shape index (κ3) is 2.15. The lowest BCUT2D eigenvalue weighted by atomic mass is 10.1. The minimum atomic E-state index is -1.15. The zero-order valence-corrected chi connectivity index (χ0v) is 9.06. The van der Waals surface area contributed by atoms with Crippen molar-refractivity contribution < 1.29 is 9.90 Å². The molecule has 1 saturated carbocycles. The molecule has 0 radical (unpaired) electrons. The number of hydrogen-bond acceptors (Lipinski definition) is 2. The van der Waals surface area contributed by atoms with Crippen molar-refractivity contribution in [3.8, 4) is 0 Å². The number of hydrogen-bond donors (Lipinski definition) is 1. The number of nitrogens with zero attached hydrogens (tertiary/aromatic N) is 1. The van der Waals surface area contributed by atoms with Gasteiger partial charge in [0.05, 0.1) is 0 Å². The van der Waals surface area contributed by atoms with Crippen molar-refractivity contribution in [3.05, 3.63) is 34.2 Å². The summed E-state index contributed by atoms with van der Waals surface area (Å²) in [5.41, 5.74) is -0.526. The van der Waals surface area contributed by atoms with E-state index < -0.39 is 5.97 Å². The molecule has 0 amide bonds. The van der Waals surface area contributed by atoms with Crippen molar-refractivity contribution in [2.75, 3.05) is 0 Å². The molecule has 1 aromatic rings. The standard InChI is InChI=1S/C12H15NO3/c14-11-10(12(15)16)6-3-7-13(11)8-9-4-1-2-5-9/h3,6-7,9H,1-2,4-5,8H2,(H,15,16). The smallest absolute Gasteiger partial charge is 0.341 e. The van der Waals surface area contributed by atoms with Gasteiger partial charge >= 0.3 is 5.97 Å². The van der Waals surface area contributed by atoms with Crippen LogP contribution in [0.25, 0.3) is 0 Å². The summed E-state index contributed by atoms with van der Waals surface area (Å²) in [6.07, 6.45) is 6.40. The number of carbonyl (C=O) groups is 1. The number of aromatic nitrogens is 1. The highest BCUT2D eigenvalue weighted by Gasteiger charge is 2.17. The molecule has 1 fully saturated rings. The van der Waals surface area contributed by atoms with Gasteiger partial charge in [0.15, 0.2) is 0 Å². The minimum absolute atomic E-state index is 0.138. The largest absolute Gasteiger partial charge is 0.477 e. The van der Waals surface area contributed by atoms with Crippen molar-refractivity contribution in [2.24, 2.45) is 5.92 Å². The van der Waals surface area contributed by atoms with Gasteiger partial charge in [0.1, 0.15) is 5.56 Å². The fourth-order valence-electron chi connectivity index (χ4n) is 2.31. The highest BCUT2D eigenvalue weighted by molar-refractivity contribution is 5.86. The quantitative estimate of drug-likeness (QED) is 0.845. The molecule has 2 rings (SSSR count). The van der Waals surface area contributed by atoms with Gasteiger partial charge in [0, 0.05) is 12.7 Å². The molecule has 1 aliphatic carbocycles. The van der Waals surface area contributed by atoms with Crippen LogP contribution in [0, 0.1) is 5.92 Å². The lowest BCUT2D eigenvalue weighted by molar-refractivity contribution is 0.0694. The van der Waals surface area contributed by atoms with Gasteiger partial charge in [-0.05, 0) is 30.9 Å². The predicted octanol–water partition coefficient (Wildman–Crippen LogP) is 1.74. The van der Waals surface area contributed by atoms with Crippen LogP contribution >= 0.6 is 0 Å². The van der Waals surface area contributed by atoms with Crippen LogP contribution in [-0.4, -0.2) is 15.6 Å². The van der Waals surface area contributed by atoms with E-state index in [0.29, 0.717) is 12.5 Å². The van der Waals surface area contributed by atoms with Crippen molar-refractivity contribution in [1.82, 2.24) is 4.57 Å². The third-order valence-corrected chi connectivity index (χ3v) is 3.18. The molecule has 0 aliphatic heterocycles. The van der Waals surface area contributed by atoms with Crippen molar-refractivity contribution >= 4 is 5.97 Å². The van der Waals surface area contributed by atoms with Gasteiger partial charge in [0.2, 0.25) is 0 Å². The average molecular weight is 221 g/mol. The Labute approximate surface area is 93.5 Å². The molecule has 0 aromatic carbocycles. The summed E-state index contributed by atoms with van der Waals surface area (Å²) < 4.78 is 1.53. The topological polar surface area (TPSA) is 59.3 Å². The Morgan fingerprint density at radius 3 is 2.75 bits per heavy atom. The van der Waals surface area contributed by atoms with E-state index in [4.69, 9.17) is 5.11 Å². The van der Waals surface area contributed by atoms with Gasteiger partial charge in [-0.15, -0.1) is 0 Å². The lowest BCUT2D eigenvalue weighted by Gasteiger charge is -2.11. The van der Waals surface area contributed by atoms with Crippen molar-refractivity contribution in [1.29, 1.82) is 0 Å². The molecule has 4 heteroatoms. The first kappa shape index (κ1) is 10.9. The maximum atomic E-state index is 11.8. The van der Waals surface area contributed by atoms with Crippen LogP contribution in [0.1, 0.15) is 36.0 Å². The molecule has 0 saturated heterocycles. The van der Waals surface area contributed by atoms with E-state index in [2.05, 4.69) is 0 Å². The Bertz CT molecular complexity index is 444. The highest BCUT2D eigenvalue weighted by Crippen LogP contribution is 2.25. The molecular weight excluding hydrogens is 206 g/mol. The first-order valence-corrected chi connectivity index (χ1v) is 5.61. The van der Waals surface area contributed by atoms with Gasteiger partial charge in [-0.2, -0.15) is 0 Å². The van der Waals surface area contributed by atoms with Crippen LogP contribution in [0.5, 0.6) is 0 Å². The van der Waals surface area contributed by atoms with E-state index in [-0.39, 0.29) is 11.1 Å². The molecule has 0 unspecified atom stereocenters. The van der Waals surface area contributed by atoms with Crippen molar-refractivity contribution in [2.45, 2.75) is 32.2 Å². The minimum Gasteiger partial charge on any atom is -0.477 e. The van der Waals surface area contributed by atoms with Gasteiger partial charge in [-0.3, -0.25) is 4.79 Å². The SMILES string of the molecule is O=C(O)c1cccn(CC2CCCC2)c1=O. The monoisotopic (exact) mass is 221 g/mol. The second kappa shape index (κ2) is 4.51. The molecule has 1 aromatic heterocycles. The molecule has 0 spiro atoms. The molecule has 0 bridgehead atoms. The van der Waals surface area contributed by atoms with E-state index in [9.17, 15) is 9.59 Å². The van der Waals surface area contributed by atoms with E-state index >= 15 is 0 Å². The zero-order chi connectivity index (χ0) is 11.5. The van der Waals surface area contributed by atoms with Crippen LogP contribution in [0.3, 0.4) is 0 Å². The fourth-order valence-corrected chi connectivity index (χ4v) is 2.31. The summed E-state index contributed by atoms with van der Waals surface area (Å²) >= 11 is 0. The maximum absolute atomic E-state index is 11.8. The van der Waals surface area contributed by atoms with Gasteiger partial charge < -0.3 is 9.67 Å². The number of carboxylic acids is 1. The van der Waals surface area contributed by atoms with Gasteiger partial charge in [-0.1, -0.05) is 12.8 Å². The van der Waals surface area contributed by atoms with E-state index in [1.54, 1.807) is 12.3 Å². The number of pyridine rings is 1. The van der Waals surface area contributed by atoms with Crippen molar-refractivity contribution in [3.63, 3.8) is 0 Å². The molecule has 1 heterocycles. The summed E-state index contributed by atoms with van der Waals surface area (Å²) in [4.78, 5) is 22.6. The van der Waals surface area contributed by atoms with E-state index in [0.717, 1.165) is 12.8 Å². The third-order valence-electron chi connectivity index (χ3n) is 3.18. The maximum Gasteiger partial charge on any atom is 0.341 e. The van der Waals surface area contributed by atoms with E-state index in [1.807, 2.05) is 0 Å². The van der Waals surface area contributed by atoms with Crippen LogP contribution in [0.4, 0.5) is 0 Å². The summed E-state index contributed by atoms with van der Waals surface area (Å²) in [7, 11) is 0. The lowest BCUT2D eigenvalue weighted by Crippen LogP contribution is -2.27. The molecule has 4 nitrogen and oxygen atoms in total. The highest BCUT2D eigenvalue weighted by atomic mass is 16.4. The summed E-state index contributed by atoms with van der Waals surface area (Å²) in [5.74, 6) is -0.618. The van der Waals surface area contributed by atoms with Gasteiger partial charge in [-0.25, -0.2) is 4.79 Å². The second-order valence-electron chi connectivity index (χ2n) is 4.34. The molecule has 1 N–H and O–H groups in total. The average Bonchev–Trinajstić information content (AvgIpc) is 2.73.